The molecule has 0 fully saturated rings. The van der Waals surface area contributed by atoms with Crippen molar-refractivity contribution in [2.45, 2.75) is 0 Å². The number of nitrogens with one attached hydrogen (secondary N) is 1. The van der Waals surface area contributed by atoms with Gasteiger partial charge in [-0.3, -0.25) is 19.6 Å². The van der Waals surface area contributed by atoms with Crippen molar-refractivity contribution in [1.82, 2.24) is 0 Å². The van der Waals surface area contributed by atoms with Crippen LogP contribution in [0, 0.1) is 0 Å². The fourth-order valence-corrected chi connectivity index (χ4v) is 3.67. The molecular formula is C30H35N5O3. The molecule has 0 aliphatic heterocycles. The smallest absolute Gasteiger partial charge is 0.184 e. The van der Waals surface area contributed by atoms with Crippen molar-refractivity contribution in [1.29, 1.82) is 0 Å². The molecule has 8 nitrogen and oxygen atoms in total. The number of benzene rings is 3. The van der Waals surface area contributed by atoms with Gasteiger partial charge in [-0.2, -0.15) is 0 Å². The first kappa shape index (κ1) is 28.3. The van der Waals surface area contributed by atoms with Crippen molar-refractivity contribution in [3.8, 4) is 0 Å². The summed E-state index contributed by atoms with van der Waals surface area (Å²) in [5, 5.41) is 12.3. The normalized spacial score (nSPS) is 11.2. The molecule has 0 aliphatic rings. The molecule has 2 N–H and O–H groups in total. The van der Waals surface area contributed by atoms with Crippen molar-refractivity contribution >= 4 is 41.1 Å². The Morgan fingerprint density at radius 1 is 0.737 bits per heavy atom. The second-order valence-corrected chi connectivity index (χ2v) is 9.21. The Balaban J connectivity index is 1.67. The van der Waals surface area contributed by atoms with E-state index in [4.69, 9.17) is 0 Å². The average molecular weight is 514 g/mol. The minimum absolute atomic E-state index is 0.00995. The van der Waals surface area contributed by atoms with E-state index in [0.717, 1.165) is 28.2 Å². The van der Waals surface area contributed by atoms with Gasteiger partial charge in [-0.15, -0.1) is 0 Å². The summed E-state index contributed by atoms with van der Waals surface area (Å²) in [6.45, 7) is 0.435. The van der Waals surface area contributed by atoms with E-state index in [1.807, 2.05) is 80.5 Å². The van der Waals surface area contributed by atoms with E-state index in [0.29, 0.717) is 17.7 Å². The fourth-order valence-electron chi connectivity index (χ4n) is 3.67. The Hall–Kier alpha value is -4.30. The van der Waals surface area contributed by atoms with E-state index >= 15 is 0 Å². The first-order chi connectivity index (χ1) is 18.3. The summed E-state index contributed by atoms with van der Waals surface area (Å²) in [6.07, 6.45) is 3.29. The van der Waals surface area contributed by atoms with Gasteiger partial charge in [0.25, 0.3) is 0 Å². The number of anilines is 3. The third-order valence-corrected chi connectivity index (χ3v) is 5.78. The number of hydrogen-bond donors (Lipinski definition) is 2. The number of aliphatic hydroxyl groups excluding tert-OH is 1. The molecule has 0 saturated heterocycles. The third kappa shape index (κ3) is 8.38. The maximum Gasteiger partial charge on any atom is 0.184 e. The van der Waals surface area contributed by atoms with Gasteiger partial charge in [0.1, 0.15) is 13.1 Å². The van der Waals surface area contributed by atoms with Crippen LogP contribution in [0.1, 0.15) is 31.8 Å². The van der Waals surface area contributed by atoms with Gasteiger partial charge in [0.05, 0.1) is 6.61 Å². The monoisotopic (exact) mass is 513 g/mol. The van der Waals surface area contributed by atoms with Crippen LogP contribution in [0.5, 0.6) is 0 Å². The van der Waals surface area contributed by atoms with Crippen LogP contribution in [0.25, 0.3) is 0 Å². The first-order valence-electron chi connectivity index (χ1n) is 12.4. The second-order valence-electron chi connectivity index (χ2n) is 9.21. The van der Waals surface area contributed by atoms with Crippen LogP contribution in [-0.2, 0) is 0 Å². The Bertz CT molecular complexity index is 1190. The number of Topliss-reactive ketones (excluding diaryl/α,β-unsaturated/α-hetero) is 2. The number of nitrogens with zero attached hydrogens (tertiary/aromatic N) is 4. The molecule has 38 heavy (non-hydrogen) atoms. The number of aliphatic hydroxyl groups is 1. The molecule has 198 valence electrons. The summed E-state index contributed by atoms with van der Waals surface area (Å²) < 4.78 is 0. The molecule has 8 heteroatoms. The molecule has 0 radical (unpaired) electrons. The van der Waals surface area contributed by atoms with E-state index in [1.54, 1.807) is 36.7 Å². The zero-order chi connectivity index (χ0) is 27.5. The largest absolute Gasteiger partial charge is 0.395 e. The Morgan fingerprint density at radius 2 is 1.16 bits per heavy atom. The van der Waals surface area contributed by atoms with Gasteiger partial charge in [-0.25, -0.2) is 0 Å². The van der Waals surface area contributed by atoms with Crippen LogP contribution in [0.4, 0.5) is 17.1 Å². The van der Waals surface area contributed by atoms with Gasteiger partial charge >= 0.3 is 0 Å². The molecule has 0 aromatic heterocycles. The van der Waals surface area contributed by atoms with Gasteiger partial charge in [0.2, 0.25) is 0 Å². The highest BCUT2D eigenvalue weighted by molar-refractivity contribution is 6.00. The lowest BCUT2D eigenvalue weighted by Gasteiger charge is -2.12. The number of ketones is 2. The van der Waals surface area contributed by atoms with Crippen molar-refractivity contribution in [3.63, 3.8) is 0 Å². The van der Waals surface area contributed by atoms with Gasteiger partial charge < -0.3 is 20.2 Å². The van der Waals surface area contributed by atoms with Gasteiger partial charge in [-0.05, 0) is 77.9 Å². The highest BCUT2D eigenvalue weighted by atomic mass is 16.3. The maximum atomic E-state index is 12.5. The molecule has 3 rings (SSSR count). The van der Waals surface area contributed by atoms with Crippen LogP contribution >= 0.6 is 0 Å². The van der Waals surface area contributed by atoms with E-state index in [9.17, 15) is 14.7 Å². The zero-order valence-corrected chi connectivity index (χ0v) is 22.4. The number of hydrogen-bond acceptors (Lipinski definition) is 8. The van der Waals surface area contributed by atoms with Crippen molar-refractivity contribution in [3.05, 3.63) is 89.0 Å². The molecule has 3 aromatic rings. The third-order valence-electron chi connectivity index (χ3n) is 5.78. The SMILES string of the molecule is CN(C)c1ccc(C(=O)CN=Cc2cc(C=NCC(=O)c3ccc(N(C)C)cc3)cc(NCCO)c2)cc1. The topological polar surface area (TPSA) is 97.6 Å². The highest BCUT2D eigenvalue weighted by Gasteiger charge is 2.07. The summed E-state index contributed by atoms with van der Waals surface area (Å²) in [7, 11) is 7.80. The zero-order valence-electron chi connectivity index (χ0n) is 22.4. The average Bonchev–Trinajstić information content (AvgIpc) is 2.91. The van der Waals surface area contributed by atoms with Crippen molar-refractivity contribution in [2.24, 2.45) is 9.98 Å². The Labute approximate surface area is 224 Å². The summed E-state index contributed by atoms with van der Waals surface area (Å²) in [4.78, 5) is 37.7. The van der Waals surface area contributed by atoms with Crippen LogP contribution in [-0.4, -0.2) is 83.5 Å². The van der Waals surface area contributed by atoms with Crippen LogP contribution in [0.2, 0.25) is 0 Å². The van der Waals surface area contributed by atoms with Crippen molar-refractivity contribution in [2.75, 3.05) is 69.5 Å². The lowest BCUT2D eigenvalue weighted by atomic mass is 10.1. The summed E-state index contributed by atoms with van der Waals surface area (Å²) in [5.41, 5.74) is 5.60. The van der Waals surface area contributed by atoms with Crippen molar-refractivity contribution < 1.29 is 14.7 Å². The molecule has 0 heterocycles. The molecule has 0 unspecified atom stereocenters. The molecule has 0 amide bonds. The van der Waals surface area contributed by atoms with E-state index in [1.165, 1.54) is 0 Å². The molecule has 0 spiro atoms. The van der Waals surface area contributed by atoms with Crippen LogP contribution in [0.3, 0.4) is 0 Å². The van der Waals surface area contributed by atoms with Gasteiger partial charge in [-0.1, -0.05) is 0 Å². The number of rotatable bonds is 13. The van der Waals surface area contributed by atoms with Gasteiger partial charge in [0.15, 0.2) is 11.6 Å². The predicted molar refractivity (Wildman–Crippen MR) is 157 cm³/mol. The second kappa shape index (κ2) is 13.9. The molecular weight excluding hydrogens is 478 g/mol. The first-order valence-corrected chi connectivity index (χ1v) is 12.4. The minimum atomic E-state index is -0.0694. The minimum Gasteiger partial charge on any atom is -0.395 e. The number of carbonyl (C=O) groups excluding carboxylic acids is 2. The quantitative estimate of drug-likeness (QED) is 0.266. The van der Waals surface area contributed by atoms with Crippen LogP contribution in [0.15, 0.2) is 76.7 Å². The molecule has 3 aromatic carbocycles. The van der Waals surface area contributed by atoms with E-state index in [-0.39, 0.29) is 31.3 Å². The Kier molecular flexibility index (Phi) is 10.3. The Morgan fingerprint density at radius 3 is 1.53 bits per heavy atom. The summed E-state index contributed by atoms with van der Waals surface area (Å²) in [6, 6.07) is 20.5. The fraction of sp³-hybridized carbons (Fsp3) is 0.267. The molecule has 0 saturated carbocycles. The predicted octanol–water partition coefficient (Wildman–Crippen LogP) is 3.83. The number of aliphatic imine (C=N–C) groups is 2. The lowest BCUT2D eigenvalue weighted by molar-refractivity contribution is 0.0994. The van der Waals surface area contributed by atoms with E-state index < -0.39 is 0 Å². The molecule has 0 aliphatic carbocycles. The summed E-state index contributed by atoms with van der Waals surface area (Å²) in [5.74, 6) is -0.139. The summed E-state index contributed by atoms with van der Waals surface area (Å²) >= 11 is 0. The maximum absolute atomic E-state index is 12.5. The van der Waals surface area contributed by atoms with Crippen LogP contribution < -0.4 is 15.1 Å². The number of carbonyl (C=O) groups is 2. The van der Waals surface area contributed by atoms with E-state index in [2.05, 4.69) is 15.3 Å². The highest BCUT2D eigenvalue weighted by Crippen LogP contribution is 2.15. The molecule has 0 atom stereocenters. The van der Waals surface area contributed by atoms with Gasteiger partial charge in [0, 0.05) is 75.4 Å². The standard InChI is InChI=1S/C30H35N5O3/c1-34(2)27-9-5-24(6-10-27)29(37)20-31-18-22-15-23(17-26(16-22)33-13-14-36)19-32-21-30(38)25-7-11-28(12-8-25)35(3)4/h5-12,15-19,33,36H,13-14,20-21H2,1-4H3. The lowest BCUT2D eigenvalue weighted by Crippen LogP contribution is -2.09. The molecule has 0 bridgehead atoms.